The number of carbonyl (C=O) groups is 1. The van der Waals surface area contributed by atoms with E-state index in [4.69, 9.17) is 5.84 Å². The van der Waals surface area contributed by atoms with Crippen LogP contribution in [-0.4, -0.2) is 36.0 Å². The van der Waals surface area contributed by atoms with Gasteiger partial charge in [0.25, 0.3) is 5.91 Å². The van der Waals surface area contributed by atoms with E-state index in [9.17, 15) is 4.79 Å². The zero-order valence-electron chi connectivity index (χ0n) is 12.6. The number of nitrogens with two attached hydrogens (primary N) is 1. The van der Waals surface area contributed by atoms with Gasteiger partial charge in [0.05, 0.1) is 5.69 Å². The number of hydrogen-bond donors (Lipinski definition) is 3. The molecule has 1 aromatic rings. The third-order valence-electron chi connectivity index (χ3n) is 4.80. The maximum atomic E-state index is 12.4. The molecule has 0 bridgehead atoms. The molecular formula is C16H24N4O. The number of hydrogen-bond acceptors (Lipinski definition) is 4. The Bertz CT molecular complexity index is 531. The van der Waals surface area contributed by atoms with E-state index >= 15 is 0 Å². The minimum atomic E-state index is 0.0260. The summed E-state index contributed by atoms with van der Waals surface area (Å²) in [6.45, 7) is 4.30. The van der Waals surface area contributed by atoms with Crippen LogP contribution in [0.15, 0.2) is 18.2 Å². The van der Waals surface area contributed by atoms with E-state index in [1.807, 2.05) is 25.1 Å². The van der Waals surface area contributed by atoms with Crippen molar-refractivity contribution in [3.05, 3.63) is 29.3 Å². The maximum Gasteiger partial charge on any atom is 0.251 e. The fraction of sp³-hybridized carbons (Fsp3) is 0.562. The molecule has 0 saturated carbocycles. The lowest BCUT2D eigenvalue weighted by Crippen LogP contribution is -2.47. The van der Waals surface area contributed by atoms with Gasteiger partial charge in [-0.1, -0.05) is 0 Å². The van der Waals surface area contributed by atoms with Crippen molar-refractivity contribution in [2.45, 2.75) is 44.7 Å². The van der Waals surface area contributed by atoms with Crippen LogP contribution in [0.2, 0.25) is 0 Å². The zero-order valence-corrected chi connectivity index (χ0v) is 12.6. The molecule has 2 unspecified atom stereocenters. The normalized spacial score (nSPS) is 25.4. The van der Waals surface area contributed by atoms with E-state index in [0.717, 1.165) is 30.6 Å². The molecule has 2 aliphatic rings. The van der Waals surface area contributed by atoms with Crippen molar-refractivity contribution in [3.63, 3.8) is 0 Å². The van der Waals surface area contributed by atoms with Gasteiger partial charge in [0.15, 0.2) is 0 Å². The van der Waals surface area contributed by atoms with Crippen LogP contribution in [0.25, 0.3) is 0 Å². The predicted molar refractivity (Wildman–Crippen MR) is 84.1 cm³/mol. The first-order valence-corrected chi connectivity index (χ1v) is 7.79. The predicted octanol–water partition coefficient (Wildman–Crippen LogP) is 1.64. The summed E-state index contributed by atoms with van der Waals surface area (Å²) in [6, 6.07) is 6.54. The first-order valence-electron chi connectivity index (χ1n) is 7.79. The Hall–Kier alpha value is -1.59. The molecule has 0 aliphatic carbocycles. The highest BCUT2D eigenvalue weighted by Gasteiger charge is 2.32. The average molecular weight is 288 g/mol. The second-order valence-electron chi connectivity index (χ2n) is 6.20. The number of benzene rings is 1. The van der Waals surface area contributed by atoms with E-state index in [1.165, 1.54) is 19.4 Å². The summed E-state index contributed by atoms with van der Waals surface area (Å²) in [6.07, 6.45) is 4.73. The molecule has 3 rings (SSSR count). The summed E-state index contributed by atoms with van der Waals surface area (Å²) >= 11 is 0. The molecule has 0 aromatic heterocycles. The summed E-state index contributed by atoms with van der Waals surface area (Å²) < 4.78 is 0. The van der Waals surface area contributed by atoms with E-state index in [2.05, 4.69) is 15.6 Å². The summed E-state index contributed by atoms with van der Waals surface area (Å²) in [7, 11) is 0. The second-order valence-corrected chi connectivity index (χ2v) is 6.20. The van der Waals surface area contributed by atoms with Crippen LogP contribution in [-0.2, 0) is 0 Å². The number of piperidine rings is 1. The average Bonchev–Trinajstić information content (AvgIpc) is 2.94. The molecule has 2 fully saturated rings. The molecular weight excluding hydrogens is 264 g/mol. The van der Waals surface area contributed by atoms with Crippen LogP contribution in [0.5, 0.6) is 0 Å². The molecule has 1 amide bonds. The van der Waals surface area contributed by atoms with E-state index in [-0.39, 0.29) is 5.91 Å². The summed E-state index contributed by atoms with van der Waals surface area (Å²) in [5.74, 6) is 5.45. The van der Waals surface area contributed by atoms with Crippen molar-refractivity contribution in [2.75, 3.05) is 18.5 Å². The molecule has 2 atom stereocenters. The number of carbonyl (C=O) groups excluding carboxylic acids is 1. The van der Waals surface area contributed by atoms with E-state index < -0.39 is 0 Å². The van der Waals surface area contributed by atoms with Gasteiger partial charge in [0.2, 0.25) is 0 Å². The van der Waals surface area contributed by atoms with Crippen molar-refractivity contribution in [1.29, 1.82) is 0 Å². The lowest BCUT2D eigenvalue weighted by molar-refractivity contribution is 0.0896. The molecule has 5 heteroatoms. The van der Waals surface area contributed by atoms with Crippen molar-refractivity contribution in [2.24, 2.45) is 5.84 Å². The van der Waals surface area contributed by atoms with Gasteiger partial charge in [-0.25, -0.2) is 0 Å². The van der Waals surface area contributed by atoms with Gasteiger partial charge in [0.1, 0.15) is 0 Å². The summed E-state index contributed by atoms with van der Waals surface area (Å²) in [4.78, 5) is 14.9. The first kappa shape index (κ1) is 14.4. The number of aryl methyl sites for hydroxylation is 1. The highest BCUT2D eigenvalue weighted by atomic mass is 16.1. The number of hydrazine groups is 1. The fourth-order valence-corrected chi connectivity index (χ4v) is 3.59. The Morgan fingerprint density at radius 1 is 1.33 bits per heavy atom. The molecule has 2 saturated heterocycles. The molecule has 2 aliphatic heterocycles. The van der Waals surface area contributed by atoms with Crippen molar-refractivity contribution in [1.82, 2.24) is 10.2 Å². The molecule has 0 spiro atoms. The number of fused-ring (bicyclic) bond motifs is 1. The maximum absolute atomic E-state index is 12.4. The number of nitrogens with one attached hydrogen (secondary N) is 2. The van der Waals surface area contributed by atoms with Gasteiger partial charge in [-0.2, -0.15) is 0 Å². The molecule has 114 valence electrons. The minimum absolute atomic E-state index is 0.0260. The quantitative estimate of drug-likeness (QED) is 0.584. The van der Waals surface area contributed by atoms with Crippen LogP contribution in [0, 0.1) is 6.92 Å². The molecule has 2 heterocycles. The number of rotatable bonds is 3. The number of amides is 1. The smallest absolute Gasteiger partial charge is 0.251 e. The van der Waals surface area contributed by atoms with Crippen molar-refractivity contribution >= 4 is 11.6 Å². The van der Waals surface area contributed by atoms with E-state index in [0.29, 0.717) is 17.6 Å². The zero-order chi connectivity index (χ0) is 14.8. The first-order chi connectivity index (χ1) is 10.2. The van der Waals surface area contributed by atoms with Gasteiger partial charge >= 0.3 is 0 Å². The van der Waals surface area contributed by atoms with Gasteiger partial charge in [-0.15, -0.1) is 0 Å². The molecule has 4 N–H and O–H groups in total. The van der Waals surface area contributed by atoms with Gasteiger partial charge in [-0.3, -0.25) is 10.6 Å². The lowest BCUT2D eigenvalue weighted by Gasteiger charge is -2.35. The second kappa shape index (κ2) is 6.03. The molecule has 21 heavy (non-hydrogen) atoms. The molecule has 1 aromatic carbocycles. The van der Waals surface area contributed by atoms with Gasteiger partial charge in [-0.05, 0) is 62.9 Å². The van der Waals surface area contributed by atoms with Crippen LogP contribution in [0.4, 0.5) is 5.69 Å². The summed E-state index contributed by atoms with van der Waals surface area (Å²) in [5.41, 5.74) is 5.17. The van der Waals surface area contributed by atoms with Crippen LogP contribution >= 0.6 is 0 Å². The molecule has 0 radical (unpaired) electrons. The Morgan fingerprint density at radius 2 is 2.19 bits per heavy atom. The van der Waals surface area contributed by atoms with Crippen LogP contribution in [0.3, 0.4) is 0 Å². The highest BCUT2D eigenvalue weighted by Crippen LogP contribution is 2.27. The molecule has 5 nitrogen and oxygen atoms in total. The van der Waals surface area contributed by atoms with Crippen molar-refractivity contribution < 1.29 is 4.79 Å². The Morgan fingerprint density at radius 3 is 2.95 bits per heavy atom. The van der Waals surface area contributed by atoms with E-state index in [1.54, 1.807) is 0 Å². The third kappa shape index (κ3) is 3.04. The van der Waals surface area contributed by atoms with Crippen LogP contribution in [0.1, 0.15) is 41.6 Å². The van der Waals surface area contributed by atoms with Gasteiger partial charge in [0, 0.05) is 24.2 Å². The largest absolute Gasteiger partial charge is 0.349 e. The third-order valence-corrected chi connectivity index (χ3v) is 4.80. The number of nitrogen functional groups attached to an aromatic ring is 1. The van der Waals surface area contributed by atoms with Crippen LogP contribution < -0.4 is 16.6 Å². The topological polar surface area (TPSA) is 70.4 Å². The number of anilines is 1. The lowest BCUT2D eigenvalue weighted by atomic mass is 9.97. The highest BCUT2D eigenvalue weighted by molar-refractivity contribution is 5.95. The monoisotopic (exact) mass is 288 g/mol. The standard InChI is InChI=1S/C16H24N4O/c1-11-9-12(4-5-15(11)19-17)16(21)18-13-6-8-20-7-2-3-14(20)10-13/h4-5,9,13-14,19H,2-3,6-8,10,17H2,1H3,(H,18,21). The Labute approximate surface area is 125 Å². The minimum Gasteiger partial charge on any atom is -0.349 e. The fourth-order valence-electron chi connectivity index (χ4n) is 3.59. The Balaban J connectivity index is 1.62. The van der Waals surface area contributed by atoms with Gasteiger partial charge < -0.3 is 15.6 Å². The summed E-state index contributed by atoms with van der Waals surface area (Å²) in [5, 5.41) is 3.20. The SMILES string of the molecule is Cc1cc(C(=O)NC2CCN3CCCC3C2)ccc1NN. The Kier molecular flexibility index (Phi) is 4.12. The number of nitrogens with zero attached hydrogens (tertiary/aromatic N) is 1. The van der Waals surface area contributed by atoms with Crippen molar-refractivity contribution in [3.8, 4) is 0 Å².